The number of nitrogens with zero attached hydrogens (tertiary/aromatic N) is 4. The van der Waals surface area contributed by atoms with Gasteiger partial charge in [0.1, 0.15) is 23.1 Å². The van der Waals surface area contributed by atoms with Crippen molar-refractivity contribution in [1.29, 1.82) is 0 Å². The molecule has 0 saturated heterocycles. The van der Waals surface area contributed by atoms with E-state index >= 15 is 0 Å². The molecule has 0 saturated carbocycles. The van der Waals surface area contributed by atoms with E-state index in [9.17, 15) is 14.4 Å². The minimum Gasteiger partial charge on any atom is -0.493 e. The van der Waals surface area contributed by atoms with E-state index in [1.165, 1.54) is 4.90 Å². The Morgan fingerprint density at radius 2 is 1.77 bits per heavy atom. The van der Waals surface area contributed by atoms with Crippen LogP contribution in [0.5, 0.6) is 5.75 Å². The molecule has 1 aromatic carbocycles. The number of amides is 3. The van der Waals surface area contributed by atoms with Crippen molar-refractivity contribution in [3.8, 4) is 5.75 Å². The predicted molar refractivity (Wildman–Crippen MR) is 150 cm³/mol. The zero-order chi connectivity index (χ0) is 28.7. The lowest BCUT2D eigenvalue weighted by Gasteiger charge is -2.33. The third-order valence-electron chi connectivity index (χ3n) is 7.19. The summed E-state index contributed by atoms with van der Waals surface area (Å²) in [5, 5.41) is 4.47. The molecule has 1 aliphatic heterocycles. The van der Waals surface area contributed by atoms with Crippen LogP contribution in [-0.4, -0.2) is 84.0 Å². The number of aromatic nitrogens is 1. The quantitative estimate of drug-likeness (QED) is 0.532. The highest BCUT2D eigenvalue weighted by Gasteiger charge is 2.33. The maximum absolute atomic E-state index is 13.6. The summed E-state index contributed by atoms with van der Waals surface area (Å²) in [6.45, 7) is 9.57. The molecule has 1 aliphatic rings. The Hall–Kier alpha value is -3.07. The van der Waals surface area contributed by atoms with Gasteiger partial charge in [0.25, 0.3) is 11.8 Å². The van der Waals surface area contributed by atoms with E-state index in [0.717, 1.165) is 19.3 Å². The summed E-state index contributed by atoms with van der Waals surface area (Å²) in [5.41, 5.74) is 1.53. The number of rotatable bonds is 3. The molecule has 2 heterocycles. The van der Waals surface area contributed by atoms with Crippen molar-refractivity contribution >= 4 is 29.3 Å². The summed E-state index contributed by atoms with van der Waals surface area (Å²) in [6.07, 6.45) is 3.48. The Bertz CT molecular complexity index is 1160. The van der Waals surface area contributed by atoms with Crippen molar-refractivity contribution in [2.24, 2.45) is 5.92 Å². The SMILES string of the molecule is CCc1noc(C)c1C(=O)N1CCCCOc2ccc(Cl)cc2C(=O)N(C)[C@@H](C(C)C)C(=O)N(C)CCCC1. The number of fused-ring (bicyclic) bond motifs is 1. The van der Waals surface area contributed by atoms with Gasteiger partial charge in [-0.15, -0.1) is 0 Å². The Labute approximate surface area is 236 Å². The number of ether oxygens (including phenoxy) is 1. The van der Waals surface area contributed by atoms with Crippen LogP contribution < -0.4 is 4.74 Å². The van der Waals surface area contributed by atoms with Crippen LogP contribution in [-0.2, 0) is 11.2 Å². The molecule has 2 aromatic rings. The maximum atomic E-state index is 13.6. The van der Waals surface area contributed by atoms with Gasteiger partial charge >= 0.3 is 0 Å². The van der Waals surface area contributed by atoms with Gasteiger partial charge < -0.3 is 24.0 Å². The van der Waals surface area contributed by atoms with E-state index in [2.05, 4.69) is 5.16 Å². The highest BCUT2D eigenvalue weighted by Crippen LogP contribution is 2.27. The van der Waals surface area contributed by atoms with Crippen molar-refractivity contribution in [2.75, 3.05) is 40.3 Å². The van der Waals surface area contributed by atoms with Crippen molar-refractivity contribution in [1.82, 2.24) is 19.9 Å². The van der Waals surface area contributed by atoms with Crippen LogP contribution in [0.2, 0.25) is 5.02 Å². The van der Waals surface area contributed by atoms with E-state index < -0.39 is 6.04 Å². The lowest BCUT2D eigenvalue weighted by atomic mass is 10.00. The lowest BCUT2D eigenvalue weighted by molar-refractivity contribution is -0.136. The van der Waals surface area contributed by atoms with E-state index in [1.54, 1.807) is 44.1 Å². The van der Waals surface area contributed by atoms with Crippen molar-refractivity contribution in [3.63, 3.8) is 0 Å². The molecule has 0 N–H and O–H groups in total. The summed E-state index contributed by atoms with van der Waals surface area (Å²) in [4.78, 5) is 45.6. The van der Waals surface area contributed by atoms with Crippen LogP contribution in [0.3, 0.4) is 0 Å². The molecule has 214 valence electrons. The molecule has 3 amide bonds. The minimum absolute atomic E-state index is 0.0825. The Kier molecular flexibility index (Phi) is 10.8. The first-order valence-electron chi connectivity index (χ1n) is 13.8. The van der Waals surface area contributed by atoms with E-state index in [0.29, 0.717) is 72.4 Å². The Balaban J connectivity index is 1.88. The molecule has 0 bridgehead atoms. The van der Waals surface area contributed by atoms with Crippen LogP contribution in [0.15, 0.2) is 22.7 Å². The van der Waals surface area contributed by atoms with Gasteiger partial charge in [0.15, 0.2) is 0 Å². The number of halogens is 1. The number of likely N-dealkylation sites (N-methyl/N-ethyl adjacent to an activating group) is 2. The molecule has 9 nitrogen and oxygen atoms in total. The molecule has 10 heteroatoms. The largest absolute Gasteiger partial charge is 0.493 e. The van der Waals surface area contributed by atoms with Crippen molar-refractivity contribution in [3.05, 3.63) is 45.8 Å². The summed E-state index contributed by atoms with van der Waals surface area (Å²) in [7, 11) is 3.41. The molecule has 1 atom stereocenters. The predicted octanol–water partition coefficient (Wildman–Crippen LogP) is 4.85. The molecule has 0 fully saturated rings. The molecule has 3 rings (SSSR count). The van der Waals surface area contributed by atoms with Gasteiger partial charge in [0, 0.05) is 38.8 Å². The fraction of sp³-hybridized carbons (Fsp3) is 0.586. The highest BCUT2D eigenvalue weighted by atomic mass is 35.5. The number of hydrogen-bond acceptors (Lipinski definition) is 6. The molecule has 1 aromatic heterocycles. The second-order valence-corrected chi connectivity index (χ2v) is 10.9. The van der Waals surface area contributed by atoms with Crippen LogP contribution in [0.1, 0.15) is 78.6 Å². The van der Waals surface area contributed by atoms with Gasteiger partial charge in [-0.2, -0.15) is 0 Å². The Morgan fingerprint density at radius 1 is 1.10 bits per heavy atom. The minimum atomic E-state index is -0.646. The molecular formula is C29H41ClN4O5. The average Bonchev–Trinajstić information content (AvgIpc) is 3.28. The zero-order valence-corrected chi connectivity index (χ0v) is 24.7. The molecular weight excluding hydrogens is 520 g/mol. The first-order chi connectivity index (χ1) is 18.6. The van der Waals surface area contributed by atoms with Crippen LogP contribution in [0, 0.1) is 12.8 Å². The van der Waals surface area contributed by atoms with Crippen molar-refractivity contribution in [2.45, 2.75) is 65.8 Å². The lowest BCUT2D eigenvalue weighted by Crippen LogP contribution is -2.51. The van der Waals surface area contributed by atoms with Gasteiger partial charge in [-0.25, -0.2) is 0 Å². The second-order valence-electron chi connectivity index (χ2n) is 10.5. The topological polar surface area (TPSA) is 96.2 Å². The van der Waals surface area contributed by atoms with Crippen LogP contribution >= 0.6 is 11.6 Å². The number of carbonyl (C=O) groups excluding carboxylic acids is 3. The zero-order valence-electron chi connectivity index (χ0n) is 24.0. The summed E-state index contributed by atoms with van der Waals surface area (Å²) in [6, 6.07) is 4.31. The van der Waals surface area contributed by atoms with Gasteiger partial charge in [-0.3, -0.25) is 14.4 Å². The van der Waals surface area contributed by atoms with Crippen LogP contribution in [0.25, 0.3) is 0 Å². The Morgan fingerprint density at radius 3 is 2.44 bits per heavy atom. The smallest absolute Gasteiger partial charge is 0.259 e. The molecule has 0 unspecified atom stereocenters. The van der Waals surface area contributed by atoms with Gasteiger partial charge in [-0.05, 0) is 63.1 Å². The summed E-state index contributed by atoms with van der Waals surface area (Å²) >= 11 is 6.24. The number of benzene rings is 1. The van der Waals surface area contributed by atoms with E-state index in [1.807, 2.05) is 25.7 Å². The fourth-order valence-corrected chi connectivity index (χ4v) is 5.16. The van der Waals surface area contributed by atoms with Gasteiger partial charge in [0.2, 0.25) is 5.91 Å². The molecule has 39 heavy (non-hydrogen) atoms. The van der Waals surface area contributed by atoms with Gasteiger partial charge in [0.05, 0.1) is 17.9 Å². The summed E-state index contributed by atoms with van der Waals surface area (Å²) in [5.74, 6) is 0.315. The summed E-state index contributed by atoms with van der Waals surface area (Å²) < 4.78 is 11.3. The van der Waals surface area contributed by atoms with E-state index in [4.69, 9.17) is 20.9 Å². The molecule has 0 spiro atoms. The fourth-order valence-electron chi connectivity index (χ4n) is 4.99. The average molecular weight is 561 g/mol. The maximum Gasteiger partial charge on any atom is 0.259 e. The first kappa shape index (κ1) is 30.5. The number of carbonyl (C=O) groups is 3. The number of hydrogen-bond donors (Lipinski definition) is 0. The monoisotopic (exact) mass is 560 g/mol. The second kappa shape index (κ2) is 13.8. The van der Waals surface area contributed by atoms with Crippen LogP contribution in [0.4, 0.5) is 0 Å². The molecule has 0 radical (unpaired) electrons. The molecule has 0 aliphatic carbocycles. The van der Waals surface area contributed by atoms with Gasteiger partial charge in [-0.1, -0.05) is 37.5 Å². The standard InChI is InChI=1S/C29H41ClN4O5/c1-7-23-25(20(4)39-31-23)28(36)34-15-9-8-14-32(5)29(37)26(19(2)3)33(6)27(35)22-18-21(30)12-13-24(22)38-17-11-10-16-34/h12-13,18-19,26H,7-11,14-17H2,1-6H3/t26-/m0/s1. The third-order valence-corrected chi connectivity index (χ3v) is 7.43. The normalized spacial score (nSPS) is 18.7. The first-order valence-corrected chi connectivity index (χ1v) is 14.1. The number of aryl methyl sites for hydroxylation is 2. The highest BCUT2D eigenvalue weighted by molar-refractivity contribution is 6.31. The van der Waals surface area contributed by atoms with Crippen molar-refractivity contribution < 1.29 is 23.6 Å². The van der Waals surface area contributed by atoms with E-state index in [-0.39, 0.29) is 23.6 Å². The third kappa shape index (κ3) is 7.32.